The van der Waals surface area contributed by atoms with E-state index < -0.39 is 17.1 Å². The highest BCUT2D eigenvalue weighted by Crippen LogP contribution is 2.31. The Morgan fingerprint density at radius 1 is 0.967 bits per heavy atom. The molecule has 0 saturated carbocycles. The smallest absolute Gasteiger partial charge is 0.282 e. The van der Waals surface area contributed by atoms with Gasteiger partial charge in [0.1, 0.15) is 0 Å². The van der Waals surface area contributed by atoms with Crippen molar-refractivity contribution < 1.29 is 22.8 Å². The lowest BCUT2D eigenvalue weighted by atomic mass is 10.2. The molecule has 0 N–H and O–H groups in total. The third kappa shape index (κ3) is 3.50. The molecule has 0 atom stereocenters. The predicted octanol–water partition coefficient (Wildman–Crippen LogP) is 3.24. The minimum atomic E-state index is -1.04. The summed E-state index contributed by atoms with van der Waals surface area (Å²) >= 11 is 0. The first-order valence-corrected chi connectivity index (χ1v) is 8.62. The fourth-order valence-electron chi connectivity index (χ4n) is 2.74. The van der Waals surface area contributed by atoms with Crippen LogP contribution in [0.15, 0.2) is 58.0 Å². The van der Waals surface area contributed by atoms with Crippen LogP contribution in [0, 0.1) is 11.6 Å². The molecule has 0 unspecified atom stereocenters. The van der Waals surface area contributed by atoms with Crippen molar-refractivity contribution in [2.75, 3.05) is 14.2 Å². The van der Waals surface area contributed by atoms with E-state index in [1.165, 1.54) is 37.2 Å². The first-order chi connectivity index (χ1) is 14.5. The van der Waals surface area contributed by atoms with Gasteiger partial charge in [-0.25, -0.2) is 13.5 Å². The number of aromatic nitrogens is 4. The maximum atomic E-state index is 13.5. The van der Waals surface area contributed by atoms with Gasteiger partial charge in [-0.05, 0) is 30.3 Å². The summed E-state index contributed by atoms with van der Waals surface area (Å²) in [6.45, 7) is 0. The van der Waals surface area contributed by atoms with Crippen LogP contribution in [0.25, 0.3) is 28.7 Å². The topological polar surface area (TPSA) is 92.3 Å². The molecule has 0 fully saturated rings. The summed E-state index contributed by atoms with van der Waals surface area (Å²) in [4.78, 5) is 16.5. The molecular weight excluding hydrogens is 398 g/mol. The second-order valence-corrected chi connectivity index (χ2v) is 6.06. The minimum Gasteiger partial charge on any atom is -0.493 e. The summed E-state index contributed by atoms with van der Waals surface area (Å²) < 4.78 is 43.6. The summed E-state index contributed by atoms with van der Waals surface area (Å²) in [5.41, 5.74) is 0.173. The van der Waals surface area contributed by atoms with Gasteiger partial charge in [0, 0.05) is 23.9 Å². The predicted molar refractivity (Wildman–Crippen MR) is 102 cm³/mol. The van der Waals surface area contributed by atoms with E-state index in [0.717, 1.165) is 12.1 Å². The second kappa shape index (κ2) is 7.74. The van der Waals surface area contributed by atoms with Gasteiger partial charge in [0.25, 0.3) is 5.89 Å². The Labute approximate surface area is 168 Å². The van der Waals surface area contributed by atoms with Crippen molar-refractivity contribution in [2.45, 2.75) is 0 Å². The van der Waals surface area contributed by atoms with Crippen LogP contribution < -0.4 is 14.9 Å². The summed E-state index contributed by atoms with van der Waals surface area (Å²) in [6.07, 6.45) is 1.32. The molecule has 0 bridgehead atoms. The monoisotopic (exact) mass is 412 g/mol. The Morgan fingerprint density at radius 2 is 1.77 bits per heavy atom. The summed E-state index contributed by atoms with van der Waals surface area (Å²) in [5, 5.41) is 8.01. The molecule has 4 rings (SSSR count). The summed E-state index contributed by atoms with van der Waals surface area (Å²) in [7, 11) is 3.01. The number of hydrogen-bond donors (Lipinski definition) is 0. The van der Waals surface area contributed by atoms with E-state index >= 15 is 0 Å². The van der Waals surface area contributed by atoms with Crippen LogP contribution in [0.3, 0.4) is 0 Å². The van der Waals surface area contributed by atoms with E-state index in [1.54, 1.807) is 18.2 Å². The van der Waals surface area contributed by atoms with Crippen molar-refractivity contribution in [2.24, 2.45) is 0 Å². The second-order valence-electron chi connectivity index (χ2n) is 6.06. The molecule has 0 aliphatic rings. The Balaban J connectivity index is 1.73. The maximum absolute atomic E-state index is 13.5. The Kier molecular flexibility index (Phi) is 4.97. The van der Waals surface area contributed by atoms with E-state index in [0.29, 0.717) is 17.1 Å². The molecule has 2 aromatic carbocycles. The molecule has 4 aromatic rings. The molecule has 0 aliphatic carbocycles. The molecule has 0 amide bonds. The van der Waals surface area contributed by atoms with E-state index in [1.807, 2.05) is 0 Å². The van der Waals surface area contributed by atoms with Crippen LogP contribution in [-0.4, -0.2) is 34.1 Å². The number of ether oxygens (including phenoxy) is 2. The largest absolute Gasteiger partial charge is 0.493 e. The Hall–Kier alpha value is -4.08. The number of methoxy groups -OCH3 is 2. The van der Waals surface area contributed by atoms with Gasteiger partial charge in [-0.15, -0.1) is 0 Å². The average Bonchev–Trinajstić information content (AvgIpc) is 3.25. The number of halogens is 2. The molecule has 10 heteroatoms. The van der Waals surface area contributed by atoms with Gasteiger partial charge in [-0.2, -0.15) is 10.1 Å². The lowest BCUT2D eigenvalue weighted by molar-refractivity contribution is 0.355. The first kappa shape index (κ1) is 19.2. The maximum Gasteiger partial charge on any atom is 0.282 e. The highest BCUT2D eigenvalue weighted by molar-refractivity contribution is 5.62. The van der Waals surface area contributed by atoms with Crippen molar-refractivity contribution >= 4 is 0 Å². The fraction of sp³-hybridized carbons (Fsp3) is 0.100. The van der Waals surface area contributed by atoms with Crippen molar-refractivity contribution in [3.8, 4) is 40.2 Å². The zero-order valence-corrected chi connectivity index (χ0v) is 15.8. The van der Waals surface area contributed by atoms with E-state index in [9.17, 15) is 13.6 Å². The zero-order valence-electron chi connectivity index (χ0n) is 15.8. The number of hydrogen-bond acceptors (Lipinski definition) is 7. The zero-order chi connectivity index (χ0) is 21.3. The molecule has 0 radical (unpaired) electrons. The number of rotatable bonds is 5. The van der Waals surface area contributed by atoms with E-state index in [-0.39, 0.29) is 23.1 Å². The molecule has 0 spiro atoms. The van der Waals surface area contributed by atoms with Gasteiger partial charge < -0.3 is 14.0 Å². The fourth-order valence-corrected chi connectivity index (χ4v) is 2.74. The van der Waals surface area contributed by atoms with Crippen LogP contribution in [-0.2, 0) is 0 Å². The molecule has 152 valence electrons. The molecule has 0 saturated heterocycles. The molecule has 0 aliphatic heterocycles. The van der Waals surface area contributed by atoms with Crippen LogP contribution in [0.1, 0.15) is 0 Å². The van der Waals surface area contributed by atoms with Crippen molar-refractivity contribution in [3.05, 3.63) is 70.5 Å². The van der Waals surface area contributed by atoms with Crippen molar-refractivity contribution in [1.82, 2.24) is 19.9 Å². The van der Waals surface area contributed by atoms with Gasteiger partial charge in [0.05, 0.1) is 19.9 Å². The molecular formula is C20H14F2N4O4. The SMILES string of the molecule is COc1ccc(-c2noc(-c3nn(-c4ccc(F)c(F)c4)ccc3=O)n2)cc1OC. The van der Waals surface area contributed by atoms with Gasteiger partial charge in [-0.1, -0.05) is 5.16 Å². The van der Waals surface area contributed by atoms with Gasteiger partial charge >= 0.3 is 0 Å². The Bertz CT molecular complexity index is 1290. The third-order valence-corrected chi connectivity index (χ3v) is 4.25. The lowest BCUT2D eigenvalue weighted by Gasteiger charge is -2.07. The van der Waals surface area contributed by atoms with E-state index in [2.05, 4.69) is 15.2 Å². The molecule has 30 heavy (non-hydrogen) atoms. The lowest BCUT2D eigenvalue weighted by Crippen LogP contribution is -2.13. The normalized spacial score (nSPS) is 10.8. The molecule has 2 heterocycles. The van der Waals surface area contributed by atoms with Crippen LogP contribution in [0.5, 0.6) is 11.5 Å². The average molecular weight is 412 g/mol. The number of nitrogens with zero attached hydrogens (tertiary/aromatic N) is 4. The van der Waals surface area contributed by atoms with Gasteiger partial charge in [-0.3, -0.25) is 4.79 Å². The Morgan fingerprint density at radius 3 is 2.50 bits per heavy atom. The third-order valence-electron chi connectivity index (χ3n) is 4.25. The first-order valence-electron chi connectivity index (χ1n) is 8.62. The van der Waals surface area contributed by atoms with Gasteiger partial charge in [0.2, 0.25) is 11.3 Å². The molecule has 8 nitrogen and oxygen atoms in total. The summed E-state index contributed by atoms with van der Waals surface area (Å²) in [5.74, 6) is -0.944. The molecule has 2 aromatic heterocycles. The summed E-state index contributed by atoms with van der Waals surface area (Å²) in [6, 6.07) is 9.50. The van der Waals surface area contributed by atoms with Crippen molar-refractivity contribution in [1.29, 1.82) is 0 Å². The quantitative estimate of drug-likeness (QED) is 0.497. The van der Waals surface area contributed by atoms with Crippen LogP contribution in [0.2, 0.25) is 0 Å². The van der Waals surface area contributed by atoms with Gasteiger partial charge in [0.15, 0.2) is 28.8 Å². The van der Waals surface area contributed by atoms with Crippen molar-refractivity contribution in [3.63, 3.8) is 0 Å². The van der Waals surface area contributed by atoms with E-state index in [4.69, 9.17) is 14.0 Å². The van der Waals surface area contributed by atoms with Crippen LogP contribution in [0.4, 0.5) is 8.78 Å². The highest BCUT2D eigenvalue weighted by Gasteiger charge is 2.17. The van der Waals surface area contributed by atoms with Crippen LogP contribution >= 0.6 is 0 Å². The highest BCUT2D eigenvalue weighted by atomic mass is 19.2. The standard InChI is InChI=1S/C20H14F2N4O4/c1-28-16-6-3-11(9-17(16)29-2)19-23-20(30-25-19)18-15(27)7-8-26(24-18)12-4-5-13(21)14(22)10-12/h3-10H,1-2H3. The number of benzene rings is 2. The minimum absolute atomic E-state index is 0.123.